The zero-order valence-corrected chi connectivity index (χ0v) is 10.2. The summed E-state index contributed by atoms with van der Waals surface area (Å²) in [5.74, 6) is 0.762. The Balaban J connectivity index is 2.50. The molecule has 1 heteroatoms. The van der Waals surface area contributed by atoms with Crippen molar-refractivity contribution in [2.75, 3.05) is 6.54 Å². The summed E-state index contributed by atoms with van der Waals surface area (Å²) in [5, 5.41) is 3.56. The van der Waals surface area contributed by atoms with Gasteiger partial charge in [0.1, 0.15) is 0 Å². The molecule has 0 saturated carbocycles. The molecule has 0 bridgehead atoms. The first-order valence-electron chi connectivity index (χ1n) is 5.99. The predicted octanol–water partition coefficient (Wildman–Crippen LogP) is 3.25. The number of benzene rings is 1. The minimum absolute atomic E-state index is 0.623. The molecule has 1 N–H and O–H groups in total. The molecule has 1 atom stereocenters. The number of nitrogens with one attached hydrogen (secondary N) is 1. The molecule has 0 amide bonds. The Labute approximate surface area is 93.9 Å². The highest BCUT2D eigenvalue weighted by Crippen LogP contribution is 2.10. The zero-order chi connectivity index (χ0) is 11.1. The van der Waals surface area contributed by atoms with Crippen molar-refractivity contribution in [1.29, 1.82) is 0 Å². The van der Waals surface area contributed by atoms with E-state index < -0.39 is 0 Å². The van der Waals surface area contributed by atoms with Crippen LogP contribution in [0, 0.1) is 5.92 Å². The van der Waals surface area contributed by atoms with Gasteiger partial charge in [0.05, 0.1) is 0 Å². The molecule has 0 radical (unpaired) electrons. The molecular weight excluding hydrogens is 182 g/mol. The van der Waals surface area contributed by atoms with E-state index in [9.17, 15) is 0 Å². The standard InChI is InChI=1S/C14H23N/c1-4-15-14(10-12(2)3)11-13-8-6-5-7-9-13/h5-9,12,14-15H,4,10-11H2,1-3H3. The Kier molecular flexibility index (Phi) is 5.41. The summed E-state index contributed by atoms with van der Waals surface area (Å²) in [6.45, 7) is 7.81. The molecule has 15 heavy (non-hydrogen) atoms. The molecule has 1 aromatic carbocycles. The summed E-state index contributed by atoms with van der Waals surface area (Å²) < 4.78 is 0. The van der Waals surface area contributed by atoms with E-state index in [-0.39, 0.29) is 0 Å². The fourth-order valence-electron chi connectivity index (χ4n) is 2.00. The third kappa shape index (κ3) is 4.98. The fraction of sp³-hybridized carbons (Fsp3) is 0.571. The molecule has 1 rings (SSSR count). The van der Waals surface area contributed by atoms with Crippen molar-refractivity contribution in [2.45, 2.75) is 39.7 Å². The van der Waals surface area contributed by atoms with E-state index in [4.69, 9.17) is 0 Å². The van der Waals surface area contributed by atoms with Gasteiger partial charge in [0.15, 0.2) is 0 Å². The lowest BCUT2D eigenvalue weighted by Gasteiger charge is -2.19. The zero-order valence-electron chi connectivity index (χ0n) is 10.2. The molecule has 1 nitrogen and oxygen atoms in total. The molecule has 0 fully saturated rings. The number of hydrogen-bond acceptors (Lipinski definition) is 1. The molecule has 0 saturated heterocycles. The quantitative estimate of drug-likeness (QED) is 0.751. The third-order valence-electron chi connectivity index (χ3n) is 2.57. The Morgan fingerprint density at radius 1 is 1.13 bits per heavy atom. The highest BCUT2D eigenvalue weighted by molar-refractivity contribution is 5.15. The highest BCUT2D eigenvalue weighted by Gasteiger charge is 2.09. The van der Waals surface area contributed by atoms with Crippen molar-refractivity contribution in [3.05, 3.63) is 35.9 Å². The molecule has 1 unspecified atom stereocenters. The van der Waals surface area contributed by atoms with E-state index in [1.54, 1.807) is 0 Å². The second-order valence-corrected chi connectivity index (χ2v) is 4.57. The minimum Gasteiger partial charge on any atom is -0.314 e. The monoisotopic (exact) mass is 205 g/mol. The Morgan fingerprint density at radius 3 is 2.33 bits per heavy atom. The van der Waals surface area contributed by atoms with Crippen LogP contribution in [0.5, 0.6) is 0 Å². The Morgan fingerprint density at radius 2 is 1.80 bits per heavy atom. The van der Waals surface area contributed by atoms with Crippen LogP contribution in [0.1, 0.15) is 32.8 Å². The summed E-state index contributed by atoms with van der Waals surface area (Å²) in [6, 6.07) is 11.4. The maximum atomic E-state index is 3.56. The molecular formula is C14H23N. The number of rotatable bonds is 6. The summed E-state index contributed by atoms with van der Waals surface area (Å²) in [7, 11) is 0. The van der Waals surface area contributed by atoms with Crippen molar-refractivity contribution in [2.24, 2.45) is 5.92 Å². The largest absolute Gasteiger partial charge is 0.314 e. The van der Waals surface area contributed by atoms with Crippen LogP contribution in [0.15, 0.2) is 30.3 Å². The van der Waals surface area contributed by atoms with E-state index in [2.05, 4.69) is 56.4 Å². The maximum Gasteiger partial charge on any atom is 0.0110 e. The molecule has 0 aliphatic carbocycles. The average molecular weight is 205 g/mol. The van der Waals surface area contributed by atoms with Crippen molar-refractivity contribution in [3.63, 3.8) is 0 Å². The van der Waals surface area contributed by atoms with Crippen LogP contribution in [-0.4, -0.2) is 12.6 Å². The van der Waals surface area contributed by atoms with E-state index in [1.165, 1.54) is 12.0 Å². The van der Waals surface area contributed by atoms with Gasteiger partial charge < -0.3 is 5.32 Å². The molecule has 1 aromatic rings. The smallest absolute Gasteiger partial charge is 0.0110 e. The van der Waals surface area contributed by atoms with Gasteiger partial charge in [0.25, 0.3) is 0 Å². The van der Waals surface area contributed by atoms with E-state index in [0.29, 0.717) is 6.04 Å². The van der Waals surface area contributed by atoms with Crippen LogP contribution in [0.25, 0.3) is 0 Å². The first kappa shape index (κ1) is 12.3. The second-order valence-electron chi connectivity index (χ2n) is 4.57. The van der Waals surface area contributed by atoms with Crippen LogP contribution in [-0.2, 0) is 6.42 Å². The first-order chi connectivity index (χ1) is 7.22. The van der Waals surface area contributed by atoms with Gasteiger partial charge in [-0.15, -0.1) is 0 Å². The second kappa shape index (κ2) is 6.62. The van der Waals surface area contributed by atoms with Crippen LogP contribution >= 0.6 is 0 Å². The lowest BCUT2D eigenvalue weighted by atomic mass is 9.97. The van der Waals surface area contributed by atoms with Gasteiger partial charge in [0.2, 0.25) is 0 Å². The molecule has 0 aromatic heterocycles. The van der Waals surface area contributed by atoms with Crippen LogP contribution in [0.4, 0.5) is 0 Å². The normalized spacial score (nSPS) is 13.1. The molecule has 84 valence electrons. The van der Waals surface area contributed by atoms with Crippen LogP contribution in [0.3, 0.4) is 0 Å². The van der Waals surface area contributed by atoms with Crippen molar-refractivity contribution >= 4 is 0 Å². The van der Waals surface area contributed by atoms with Gasteiger partial charge in [-0.1, -0.05) is 51.1 Å². The van der Waals surface area contributed by atoms with Gasteiger partial charge >= 0.3 is 0 Å². The Bertz CT molecular complexity index is 253. The van der Waals surface area contributed by atoms with E-state index in [0.717, 1.165) is 18.9 Å². The third-order valence-corrected chi connectivity index (χ3v) is 2.57. The number of hydrogen-bond donors (Lipinski definition) is 1. The van der Waals surface area contributed by atoms with Gasteiger partial charge in [-0.25, -0.2) is 0 Å². The van der Waals surface area contributed by atoms with Crippen LogP contribution in [0.2, 0.25) is 0 Å². The lowest BCUT2D eigenvalue weighted by Crippen LogP contribution is -2.32. The molecule has 0 spiro atoms. The number of likely N-dealkylation sites (N-methyl/N-ethyl adjacent to an activating group) is 1. The van der Waals surface area contributed by atoms with Crippen molar-refractivity contribution in [3.8, 4) is 0 Å². The van der Waals surface area contributed by atoms with Gasteiger partial charge in [-0.05, 0) is 30.9 Å². The molecule has 0 aliphatic rings. The van der Waals surface area contributed by atoms with Crippen molar-refractivity contribution < 1.29 is 0 Å². The lowest BCUT2D eigenvalue weighted by molar-refractivity contribution is 0.424. The van der Waals surface area contributed by atoms with E-state index in [1.807, 2.05) is 0 Å². The average Bonchev–Trinajstić information content (AvgIpc) is 2.18. The van der Waals surface area contributed by atoms with E-state index >= 15 is 0 Å². The summed E-state index contributed by atoms with van der Waals surface area (Å²) >= 11 is 0. The summed E-state index contributed by atoms with van der Waals surface area (Å²) in [5.41, 5.74) is 1.43. The minimum atomic E-state index is 0.623. The molecule has 0 heterocycles. The maximum absolute atomic E-state index is 3.56. The molecule has 0 aliphatic heterocycles. The van der Waals surface area contributed by atoms with Gasteiger partial charge in [-0.3, -0.25) is 0 Å². The fourth-order valence-corrected chi connectivity index (χ4v) is 2.00. The predicted molar refractivity (Wildman–Crippen MR) is 67.1 cm³/mol. The SMILES string of the molecule is CCNC(Cc1ccccc1)CC(C)C. The summed E-state index contributed by atoms with van der Waals surface area (Å²) in [6.07, 6.45) is 2.40. The summed E-state index contributed by atoms with van der Waals surface area (Å²) in [4.78, 5) is 0. The van der Waals surface area contributed by atoms with Gasteiger partial charge in [-0.2, -0.15) is 0 Å². The Hall–Kier alpha value is -0.820. The topological polar surface area (TPSA) is 12.0 Å². The highest BCUT2D eigenvalue weighted by atomic mass is 14.9. The van der Waals surface area contributed by atoms with Crippen molar-refractivity contribution in [1.82, 2.24) is 5.32 Å². The van der Waals surface area contributed by atoms with Crippen LogP contribution < -0.4 is 5.32 Å². The first-order valence-corrected chi connectivity index (χ1v) is 5.99. The van der Waals surface area contributed by atoms with Gasteiger partial charge in [0, 0.05) is 6.04 Å².